The van der Waals surface area contributed by atoms with Crippen LogP contribution < -0.4 is 5.32 Å². The average Bonchev–Trinajstić information content (AvgIpc) is 3.19. The normalized spacial score (nSPS) is 17.2. The molecule has 0 radical (unpaired) electrons. The zero-order valence-electron chi connectivity index (χ0n) is 10.4. The maximum Gasteiger partial charge on any atom is 0.257 e. The quantitative estimate of drug-likeness (QED) is 0.830. The Kier molecular flexibility index (Phi) is 3.00. The molecule has 1 aliphatic rings. The van der Waals surface area contributed by atoms with Crippen molar-refractivity contribution in [3.8, 4) is 11.5 Å². The number of hydrogen-bond donors (Lipinski definition) is 1. The molecule has 98 valence electrons. The van der Waals surface area contributed by atoms with E-state index < -0.39 is 0 Å². The lowest BCUT2D eigenvalue weighted by molar-refractivity contribution is -0.122. The third kappa shape index (κ3) is 2.79. The lowest BCUT2D eigenvalue weighted by Crippen LogP contribution is -2.27. The molecule has 2 heterocycles. The first-order valence-corrected chi connectivity index (χ1v) is 6.01. The van der Waals surface area contributed by atoms with Gasteiger partial charge in [-0.05, 0) is 24.6 Å². The standard InChI is InChI=1S/C13H13N3O3/c1-8-15-13(19-16-8)10-4-2-9(3-5-10)6-14-12(17)11-7-18-11/h2-5,11H,6-7H2,1H3,(H,14,17). The van der Waals surface area contributed by atoms with Crippen LogP contribution in [0.3, 0.4) is 0 Å². The van der Waals surface area contributed by atoms with E-state index >= 15 is 0 Å². The van der Waals surface area contributed by atoms with Gasteiger partial charge < -0.3 is 14.6 Å². The summed E-state index contributed by atoms with van der Waals surface area (Å²) in [6.45, 7) is 2.79. The van der Waals surface area contributed by atoms with Crippen LogP contribution in [0.4, 0.5) is 0 Å². The molecule has 1 amide bonds. The maximum atomic E-state index is 11.4. The van der Waals surface area contributed by atoms with Gasteiger partial charge in [-0.15, -0.1) is 0 Å². The van der Waals surface area contributed by atoms with E-state index in [0.29, 0.717) is 24.9 Å². The minimum atomic E-state index is -0.249. The Morgan fingerprint density at radius 2 is 2.16 bits per heavy atom. The number of aromatic nitrogens is 2. The second-order valence-corrected chi connectivity index (χ2v) is 4.38. The first-order valence-electron chi connectivity index (χ1n) is 6.01. The van der Waals surface area contributed by atoms with Crippen molar-refractivity contribution >= 4 is 5.91 Å². The number of nitrogens with zero attached hydrogens (tertiary/aromatic N) is 2. The van der Waals surface area contributed by atoms with Crippen molar-refractivity contribution in [3.05, 3.63) is 35.7 Å². The van der Waals surface area contributed by atoms with Gasteiger partial charge in [-0.2, -0.15) is 4.98 Å². The Bertz CT molecular complexity index is 587. The van der Waals surface area contributed by atoms with Gasteiger partial charge in [0.05, 0.1) is 6.61 Å². The van der Waals surface area contributed by atoms with Crippen LogP contribution in [-0.4, -0.2) is 28.8 Å². The van der Waals surface area contributed by atoms with E-state index in [9.17, 15) is 4.79 Å². The van der Waals surface area contributed by atoms with Crippen LogP contribution in [0.5, 0.6) is 0 Å². The number of hydrogen-bond acceptors (Lipinski definition) is 5. The summed E-state index contributed by atoms with van der Waals surface area (Å²) >= 11 is 0. The number of rotatable bonds is 4. The van der Waals surface area contributed by atoms with Crippen LogP contribution in [0.2, 0.25) is 0 Å². The van der Waals surface area contributed by atoms with Gasteiger partial charge in [0.15, 0.2) is 11.9 Å². The number of benzene rings is 1. The lowest BCUT2D eigenvalue weighted by atomic mass is 10.1. The minimum Gasteiger partial charge on any atom is -0.363 e. The van der Waals surface area contributed by atoms with Crippen molar-refractivity contribution in [2.45, 2.75) is 19.6 Å². The molecule has 3 rings (SSSR count). The van der Waals surface area contributed by atoms with E-state index in [1.807, 2.05) is 24.3 Å². The third-order valence-electron chi connectivity index (χ3n) is 2.82. The molecule has 1 fully saturated rings. The predicted molar refractivity (Wildman–Crippen MR) is 66.1 cm³/mol. The molecule has 2 aromatic rings. The summed E-state index contributed by atoms with van der Waals surface area (Å²) in [5.74, 6) is 1.05. The van der Waals surface area contributed by atoms with Crippen LogP contribution in [0.25, 0.3) is 11.5 Å². The average molecular weight is 259 g/mol. The Labute approximate surface area is 109 Å². The fraction of sp³-hybridized carbons (Fsp3) is 0.308. The first-order chi connectivity index (χ1) is 9.22. The van der Waals surface area contributed by atoms with Crippen molar-refractivity contribution in [2.24, 2.45) is 0 Å². The number of nitrogens with one attached hydrogen (secondary N) is 1. The SMILES string of the molecule is Cc1noc(-c2ccc(CNC(=O)C3CO3)cc2)n1. The molecular formula is C13H13N3O3. The second-order valence-electron chi connectivity index (χ2n) is 4.38. The highest BCUT2D eigenvalue weighted by molar-refractivity contribution is 5.82. The molecule has 19 heavy (non-hydrogen) atoms. The summed E-state index contributed by atoms with van der Waals surface area (Å²) in [6, 6.07) is 7.62. The molecule has 6 heteroatoms. The van der Waals surface area contributed by atoms with E-state index in [4.69, 9.17) is 9.26 Å². The number of aryl methyl sites for hydroxylation is 1. The zero-order chi connectivity index (χ0) is 13.2. The van der Waals surface area contributed by atoms with E-state index in [1.165, 1.54) is 0 Å². The fourth-order valence-corrected chi connectivity index (χ4v) is 1.68. The smallest absolute Gasteiger partial charge is 0.257 e. The molecule has 0 bridgehead atoms. The second kappa shape index (κ2) is 4.81. The van der Waals surface area contributed by atoms with Crippen molar-refractivity contribution < 1.29 is 14.1 Å². The van der Waals surface area contributed by atoms with Crippen molar-refractivity contribution in [2.75, 3.05) is 6.61 Å². The van der Waals surface area contributed by atoms with Crippen molar-refractivity contribution in [1.82, 2.24) is 15.5 Å². The van der Waals surface area contributed by atoms with Crippen LogP contribution >= 0.6 is 0 Å². The molecule has 1 saturated heterocycles. The highest BCUT2D eigenvalue weighted by Gasteiger charge is 2.30. The number of epoxide rings is 1. The number of ether oxygens (including phenoxy) is 1. The summed E-state index contributed by atoms with van der Waals surface area (Å²) in [6.07, 6.45) is -0.249. The molecule has 0 aliphatic carbocycles. The number of carbonyl (C=O) groups excluding carboxylic acids is 1. The van der Waals surface area contributed by atoms with Crippen LogP contribution in [0.1, 0.15) is 11.4 Å². The molecule has 1 aliphatic heterocycles. The van der Waals surface area contributed by atoms with Crippen molar-refractivity contribution in [3.63, 3.8) is 0 Å². The van der Waals surface area contributed by atoms with Gasteiger partial charge in [-0.1, -0.05) is 17.3 Å². The number of carbonyl (C=O) groups is 1. The largest absolute Gasteiger partial charge is 0.363 e. The van der Waals surface area contributed by atoms with Gasteiger partial charge in [0, 0.05) is 12.1 Å². The van der Waals surface area contributed by atoms with E-state index in [1.54, 1.807) is 6.92 Å². The highest BCUT2D eigenvalue weighted by Crippen LogP contribution is 2.17. The monoisotopic (exact) mass is 259 g/mol. The van der Waals surface area contributed by atoms with E-state index in [0.717, 1.165) is 11.1 Å². The lowest BCUT2D eigenvalue weighted by Gasteiger charge is -2.03. The Balaban J connectivity index is 1.63. The van der Waals surface area contributed by atoms with Gasteiger partial charge in [0.2, 0.25) is 0 Å². The Morgan fingerprint density at radius 1 is 1.42 bits per heavy atom. The summed E-state index contributed by atoms with van der Waals surface area (Å²) in [7, 11) is 0. The topological polar surface area (TPSA) is 80.5 Å². The predicted octanol–water partition coefficient (Wildman–Crippen LogP) is 1.06. The minimum absolute atomic E-state index is 0.0587. The molecule has 6 nitrogen and oxygen atoms in total. The third-order valence-corrected chi connectivity index (χ3v) is 2.82. The van der Waals surface area contributed by atoms with E-state index in [-0.39, 0.29) is 12.0 Å². The summed E-state index contributed by atoms with van der Waals surface area (Å²) in [5.41, 5.74) is 1.87. The zero-order valence-corrected chi connectivity index (χ0v) is 10.4. The number of amides is 1. The van der Waals surface area contributed by atoms with Crippen molar-refractivity contribution in [1.29, 1.82) is 0 Å². The Morgan fingerprint density at radius 3 is 2.74 bits per heavy atom. The summed E-state index contributed by atoms with van der Waals surface area (Å²) in [4.78, 5) is 15.6. The Hall–Kier alpha value is -2.21. The molecule has 1 N–H and O–H groups in total. The van der Waals surface area contributed by atoms with Gasteiger partial charge >= 0.3 is 0 Å². The van der Waals surface area contributed by atoms with Crippen LogP contribution in [-0.2, 0) is 16.1 Å². The first kappa shape index (κ1) is 11.9. The molecule has 1 aromatic heterocycles. The van der Waals surface area contributed by atoms with Gasteiger partial charge in [-0.3, -0.25) is 4.79 Å². The molecule has 1 unspecified atom stereocenters. The fourth-order valence-electron chi connectivity index (χ4n) is 1.68. The molecule has 1 atom stereocenters. The maximum absolute atomic E-state index is 11.4. The molecular weight excluding hydrogens is 246 g/mol. The summed E-state index contributed by atoms with van der Waals surface area (Å²) < 4.78 is 9.98. The van der Waals surface area contributed by atoms with Gasteiger partial charge in [0.1, 0.15) is 0 Å². The molecule has 1 aromatic carbocycles. The highest BCUT2D eigenvalue weighted by atomic mass is 16.6. The van der Waals surface area contributed by atoms with E-state index in [2.05, 4.69) is 15.5 Å². The molecule has 0 spiro atoms. The molecule has 0 saturated carbocycles. The van der Waals surface area contributed by atoms with Crippen LogP contribution in [0, 0.1) is 6.92 Å². The van der Waals surface area contributed by atoms with Crippen LogP contribution in [0.15, 0.2) is 28.8 Å². The summed E-state index contributed by atoms with van der Waals surface area (Å²) in [5, 5.41) is 6.55. The van der Waals surface area contributed by atoms with Gasteiger partial charge in [0.25, 0.3) is 11.8 Å². The van der Waals surface area contributed by atoms with Gasteiger partial charge in [-0.25, -0.2) is 0 Å².